The lowest BCUT2D eigenvalue weighted by Gasteiger charge is -2.28. The molecule has 0 fully saturated rings. The first kappa shape index (κ1) is 26.6. The van der Waals surface area contributed by atoms with Gasteiger partial charge in [-0.05, 0) is 56.5 Å². The minimum atomic E-state index is -0.489. The second-order valence-electron chi connectivity index (χ2n) is 9.80. The number of ether oxygens (including phenoxy) is 2. The average molecular weight is 541 g/mol. The van der Waals surface area contributed by atoms with Crippen molar-refractivity contribution in [3.8, 4) is 5.75 Å². The highest BCUT2D eigenvalue weighted by Crippen LogP contribution is 2.37. The minimum Gasteiger partial charge on any atom is -0.489 e. The number of carbonyl (C=O) groups excluding carboxylic acids is 1. The van der Waals surface area contributed by atoms with E-state index in [0.717, 1.165) is 22.6 Å². The lowest BCUT2D eigenvalue weighted by Crippen LogP contribution is -2.30. The summed E-state index contributed by atoms with van der Waals surface area (Å²) >= 11 is 1.56. The van der Waals surface area contributed by atoms with Crippen LogP contribution in [0.3, 0.4) is 0 Å². The Kier molecular flexibility index (Phi) is 8.02. The molecule has 2 heterocycles. The molecule has 1 N–H and O–H groups in total. The van der Waals surface area contributed by atoms with Gasteiger partial charge in [-0.25, -0.2) is 9.48 Å². The van der Waals surface area contributed by atoms with Crippen LogP contribution in [0.5, 0.6) is 5.75 Å². The maximum atomic E-state index is 13.3. The molecule has 1 unspecified atom stereocenters. The molecule has 200 valence electrons. The van der Waals surface area contributed by atoms with Crippen LogP contribution in [0, 0.1) is 6.92 Å². The van der Waals surface area contributed by atoms with Gasteiger partial charge in [0.1, 0.15) is 18.4 Å². The summed E-state index contributed by atoms with van der Waals surface area (Å²) in [6.45, 7) is 8.11. The number of aryl methyl sites for hydroxylation is 1. The van der Waals surface area contributed by atoms with E-state index in [1.165, 1.54) is 11.1 Å². The van der Waals surface area contributed by atoms with E-state index in [2.05, 4.69) is 42.6 Å². The topological polar surface area (TPSA) is 78.3 Å². The second kappa shape index (κ2) is 11.8. The van der Waals surface area contributed by atoms with E-state index < -0.39 is 6.04 Å². The maximum absolute atomic E-state index is 13.3. The van der Waals surface area contributed by atoms with Crippen molar-refractivity contribution in [3.05, 3.63) is 112 Å². The number of carbonyl (C=O) groups is 1. The largest absolute Gasteiger partial charge is 0.489 e. The Morgan fingerprint density at radius 3 is 2.46 bits per heavy atom. The number of fused-ring (bicyclic) bond motifs is 1. The number of thioether (sulfide) groups is 1. The minimum absolute atomic E-state index is 0.245. The van der Waals surface area contributed by atoms with Crippen LogP contribution in [0.25, 0.3) is 0 Å². The van der Waals surface area contributed by atoms with E-state index >= 15 is 0 Å². The van der Waals surface area contributed by atoms with Crippen LogP contribution >= 0.6 is 11.8 Å². The van der Waals surface area contributed by atoms with Crippen LogP contribution in [0.4, 0.5) is 5.95 Å². The molecule has 3 aromatic carbocycles. The Balaban J connectivity index is 1.42. The third kappa shape index (κ3) is 6.34. The van der Waals surface area contributed by atoms with Crippen molar-refractivity contribution in [1.29, 1.82) is 0 Å². The number of allylic oxidation sites excluding steroid dienone is 1. The predicted molar refractivity (Wildman–Crippen MR) is 154 cm³/mol. The molecule has 5 rings (SSSR count). The lowest BCUT2D eigenvalue weighted by atomic mass is 9.95. The van der Waals surface area contributed by atoms with Gasteiger partial charge in [0.2, 0.25) is 11.1 Å². The van der Waals surface area contributed by atoms with Crippen LogP contribution in [0.15, 0.2) is 95.3 Å². The molecule has 0 amide bonds. The van der Waals surface area contributed by atoms with Crippen molar-refractivity contribution < 1.29 is 14.3 Å². The highest BCUT2D eigenvalue weighted by molar-refractivity contribution is 7.98. The first-order valence-corrected chi connectivity index (χ1v) is 14.0. The highest BCUT2D eigenvalue weighted by atomic mass is 32.2. The molecule has 0 saturated carbocycles. The number of hydrogen-bond acceptors (Lipinski definition) is 7. The van der Waals surface area contributed by atoms with E-state index in [1.807, 2.05) is 69.3 Å². The van der Waals surface area contributed by atoms with Gasteiger partial charge in [-0.1, -0.05) is 84.1 Å². The third-order valence-corrected chi connectivity index (χ3v) is 7.20. The Labute approximate surface area is 233 Å². The highest BCUT2D eigenvalue weighted by Gasteiger charge is 2.35. The number of hydrogen-bond donors (Lipinski definition) is 1. The zero-order chi connectivity index (χ0) is 27.4. The first-order chi connectivity index (χ1) is 18.9. The molecular formula is C31H32N4O3S. The average Bonchev–Trinajstić information content (AvgIpc) is 3.33. The molecule has 0 bridgehead atoms. The molecule has 8 heteroatoms. The number of nitrogens with one attached hydrogen (secondary N) is 1. The van der Waals surface area contributed by atoms with E-state index in [9.17, 15) is 4.79 Å². The summed E-state index contributed by atoms with van der Waals surface area (Å²) < 4.78 is 13.4. The molecule has 0 spiro atoms. The van der Waals surface area contributed by atoms with Gasteiger partial charge in [0, 0.05) is 11.4 Å². The van der Waals surface area contributed by atoms with Crippen LogP contribution in [0.2, 0.25) is 0 Å². The molecule has 39 heavy (non-hydrogen) atoms. The molecule has 1 atom stereocenters. The Hall–Kier alpha value is -4.04. The Morgan fingerprint density at radius 2 is 1.74 bits per heavy atom. The third-order valence-electron chi connectivity index (χ3n) is 6.29. The number of rotatable bonds is 9. The quantitative estimate of drug-likeness (QED) is 0.187. The van der Waals surface area contributed by atoms with Crippen molar-refractivity contribution >= 4 is 23.7 Å². The smallest absolute Gasteiger partial charge is 0.338 e. The Morgan fingerprint density at radius 1 is 1.00 bits per heavy atom. The van der Waals surface area contributed by atoms with Gasteiger partial charge in [-0.15, -0.1) is 5.10 Å². The normalized spacial score (nSPS) is 14.6. The summed E-state index contributed by atoms with van der Waals surface area (Å²) in [4.78, 5) is 18.0. The van der Waals surface area contributed by atoms with Crippen molar-refractivity contribution in [2.75, 3.05) is 5.32 Å². The fourth-order valence-corrected chi connectivity index (χ4v) is 5.26. The molecular weight excluding hydrogens is 508 g/mol. The van der Waals surface area contributed by atoms with Gasteiger partial charge >= 0.3 is 5.97 Å². The molecule has 7 nitrogen and oxygen atoms in total. The van der Waals surface area contributed by atoms with Crippen LogP contribution in [-0.2, 0) is 21.9 Å². The van der Waals surface area contributed by atoms with Crippen LogP contribution in [0.1, 0.15) is 49.1 Å². The predicted octanol–water partition coefficient (Wildman–Crippen LogP) is 6.70. The van der Waals surface area contributed by atoms with E-state index in [-0.39, 0.29) is 12.1 Å². The van der Waals surface area contributed by atoms with E-state index in [0.29, 0.717) is 29.0 Å². The molecule has 0 aliphatic carbocycles. The fraction of sp³-hybridized carbons (Fsp3) is 0.258. The van der Waals surface area contributed by atoms with Gasteiger partial charge in [0.05, 0.1) is 11.7 Å². The summed E-state index contributed by atoms with van der Waals surface area (Å²) in [6, 6.07) is 25.8. The summed E-state index contributed by atoms with van der Waals surface area (Å²) in [5.41, 5.74) is 5.60. The molecule has 0 radical (unpaired) electrons. The number of nitrogens with zero attached hydrogens (tertiary/aromatic N) is 3. The van der Waals surface area contributed by atoms with Gasteiger partial charge < -0.3 is 14.8 Å². The first-order valence-electron chi connectivity index (χ1n) is 13.0. The zero-order valence-electron chi connectivity index (χ0n) is 22.5. The standard InChI is InChI=1S/C31H32N4O3S/c1-20(2)38-29(36)27-22(4)32-30-33-31(39-19-23-10-6-5-7-11-23)34-35(30)28(27)25-13-15-26(16-14-25)37-18-24-12-8-9-21(3)17-24/h5-17,20,28H,18-19H2,1-4H3,(H,32,33,34). The van der Waals surface area contributed by atoms with Crippen molar-refractivity contribution in [2.24, 2.45) is 0 Å². The Bertz CT molecular complexity index is 1480. The maximum Gasteiger partial charge on any atom is 0.338 e. The molecule has 0 saturated heterocycles. The van der Waals surface area contributed by atoms with Gasteiger partial charge in [-0.2, -0.15) is 4.98 Å². The number of esters is 1. The van der Waals surface area contributed by atoms with Gasteiger partial charge in [0.25, 0.3) is 0 Å². The van der Waals surface area contributed by atoms with Gasteiger partial charge in [-0.3, -0.25) is 0 Å². The fourth-order valence-electron chi connectivity index (χ4n) is 4.48. The van der Waals surface area contributed by atoms with Crippen LogP contribution < -0.4 is 10.1 Å². The summed E-state index contributed by atoms with van der Waals surface area (Å²) in [7, 11) is 0. The van der Waals surface area contributed by atoms with E-state index in [4.69, 9.17) is 19.6 Å². The zero-order valence-corrected chi connectivity index (χ0v) is 23.4. The monoisotopic (exact) mass is 540 g/mol. The summed E-state index contributed by atoms with van der Waals surface area (Å²) in [5.74, 6) is 1.71. The molecule has 4 aromatic rings. The van der Waals surface area contributed by atoms with Crippen molar-refractivity contribution in [2.45, 2.75) is 57.4 Å². The van der Waals surface area contributed by atoms with Gasteiger partial charge in [0.15, 0.2) is 0 Å². The summed E-state index contributed by atoms with van der Waals surface area (Å²) in [5, 5.41) is 8.71. The van der Waals surface area contributed by atoms with Crippen LogP contribution in [-0.4, -0.2) is 26.8 Å². The molecule has 1 aliphatic rings. The number of aromatic nitrogens is 3. The molecule has 1 aromatic heterocycles. The second-order valence-corrected chi connectivity index (χ2v) is 10.7. The molecule has 1 aliphatic heterocycles. The van der Waals surface area contributed by atoms with E-state index in [1.54, 1.807) is 16.4 Å². The number of benzene rings is 3. The SMILES string of the molecule is CC1=C(C(=O)OC(C)C)C(c2ccc(OCc3cccc(C)c3)cc2)n2nc(SCc3ccccc3)nc2N1. The summed E-state index contributed by atoms with van der Waals surface area (Å²) in [6.07, 6.45) is -0.245. The van der Waals surface area contributed by atoms with Crippen molar-refractivity contribution in [1.82, 2.24) is 14.8 Å². The lowest BCUT2D eigenvalue weighted by molar-refractivity contribution is -0.143. The number of anilines is 1. The van der Waals surface area contributed by atoms with Crippen molar-refractivity contribution in [3.63, 3.8) is 0 Å².